The van der Waals surface area contributed by atoms with Crippen LogP contribution in [0.25, 0.3) is 10.1 Å². The van der Waals surface area contributed by atoms with Crippen LogP contribution in [0.4, 0.5) is 0 Å². The predicted molar refractivity (Wildman–Crippen MR) is 65.6 cm³/mol. The van der Waals surface area contributed by atoms with Crippen LogP contribution in [0.3, 0.4) is 0 Å². The minimum absolute atomic E-state index is 1.08. The highest BCUT2D eigenvalue weighted by atomic mass is 32.2. The number of rotatable bonds is 1. The van der Waals surface area contributed by atoms with Crippen LogP contribution >= 0.6 is 35.7 Å². The molecule has 0 spiro atoms. The van der Waals surface area contributed by atoms with Gasteiger partial charge < -0.3 is 0 Å². The van der Waals surface area contributed by atoms with Crippen molar-refractivity contribution in [1.29, 1.82) is 0 Å². The zero-order valence-electron chi connectivity index (χ0n) is 7.50. The summed E-state index contributed by atoms with van der Waals surface area (Å²) in [7, 11) is 0. The van der Waals surface area contributed by atoms with Gasteiger partial charge in [0.05, 0.1) is 4.21 Å². The van der Waals surface area contributed by atoms with Crippen molar-refractivity contribution in [1.82, 2.24) is 0 Å². The van der Waals surface area contributed by atoms with Gasteiger partial charge in [-0.1, -0.05) is 6.07 Å². The van der Waals surface area contributed by atoms with Gasteiger partial charge in [-0.05, 0) is 30.9 Å². The second-order valence-corrected chi connectivity index (χ2v) is 5.55. The van der Waals surface area contributed by atoms with Crippen LogP contribution in [0.15, 0.2) is 27.3 Å². The highest BCUT2D eigenvalue weighted by Crippen LogP contribution is 2.36. The SMILES string of the molecule is CSc1cc2c(S)ccc(C)c2s1. The molecule has 0 saturated heterocycles. The number of hydrogen-bond donors (Lipinski definition) is 1. The number of thiol groups is 1. The molecule has 0 N–H and O–H groups in total. The molecule has 0 radical (unpaired) electrons. The van der Waals surface area contributed by atoms with Crippen molar-refractivity contribution < 1.29 is 0 Å². The maximum absolute atomic E-state index is 4.45. The standard InChI is InChI=1S/C10H10S3/c1-6-3-4-8(11)7-5-9(12-2)13-10(6)7/h3-5,11H,1-2H3. The first-order chi connectivity index (χ1) is 6.22. The smallest absolute Gasteiger partial charge is 0.0608 e. The highest BCUT2D eigenvalue weighted by Gasteiger charge is 2.05. The summed E-state index contributed by atoms with van der Waals surface area (Å²) < 4.78 is 2.73. The third-order valence-corrected chi connectivity index (χ3v) is 4.76. The first-order valence-electron chi connectivity index (χ1n) is 3.98. The maximum atomic E-state index is 4.45. The Hall–Kier alpha value is -0.120. The van der Waals surface area contributed by atoms with Gasteiger partial charge in [0.25, 0.3) is 0 Å². The second-order valence-electron chi connectivity index (χ2n) is 2.91. The van der Waals surface area contributed by atoms with Crippen LogP contribution in [0, 0.1) is 6.92 Å². The minimum atomic E-state index is 1.08. The monoisotopic (exact) mass is 226 g/mol. The predicted octanol–water partition coefficient (Wildman–Crippen LogP) is 4.22. The molecule has 0 aliphatic heterocycles. The molecular formula is C10H10S3. The third-order valence-electron chi connectivity index (χ3n) is 2.04. The van der Waals surface area contributed by atoms with E-state index in [-0.39, 0.29) is 0 Å². The summed E-state index contributed by atoms with van der Waals surface area (Å²) in [4.78, 5) is 1.08. The van der Waals surface area contributed by atoms with Gasteiger partial charge in [0.15, 0.2) is 0 Å². The Morgan fingerprint density at radius 3 is 2.77 bits per heavy atom. The fourth-order valence-electron chi connectivity index (χ4n) is 1.32. The van der Waals surface area contributed by atoms with Gasteiger partial charge in [-0.2, -0.15) is 0 Å². The van der Waals surface area contributed by atoms with Gasteiger partial charge in [0, 0.05) is 15.0 Å². The van der Waals surface area contributed by atoms with Crippen LogP contribution < -0.4 is 0 Å². The number of fused-ring (bicyclic) bond motifs is 1. The van der Waals surface area contributed by atoms with Crippen molar-refractivity contribution in [2.75, 3.05) is 6.26 Å². The Morgan fingerprint density at radius 1 is 1.38 bits per heavy atom. The first-order valence-corrected chi connectivity index (χ1v) is 6.47. The van der Waals surface area contributed by atoms with Crippen molar-refractivity contribution in [3.63, 3.8) is 0 Å². The van der Waals surface area contributed by atoms with Gasteiger partial charge in [0.2, 0.25) is 0 Å². The molecule has 0 bridgehead atoms. The lowest BCUT2D eigenvalue weighted by atomic mass is 10.2. The molecule has 1 aromatic carbocycles. The van der Waals surface area contributed by atoms with E-state index in [9.17, 15) is 0 Å². The largest absolute Gasteiger partial charge is 0.143 e. The Kier molecular flexibility index (Phi) is 2.58. The van der Waals surface area contributed by atoms with Gasteiger partial charge in [0.1, 0.15) is 0 Å². The number of hydrogen-bond acceptors (Lipinski definition) is 3. The van der Waals surface area contributed by atoms with Gasteiger partial charge in [-0.25, -0.2) is 0 Å². The summed E-state index contributed by atoms with van der Waals surface area (Å²) in [6.45, 7) is 2.15. The lowest BCUT2D eigenvalue weighted by Crippen LogP contribution is -1.72. The average molecular weight is 226 g/mol. The number of benzene rings is 1. The molecule has 0 unspecified atom stereocenters. The second kappa shape index (κ2) is 3.56. The third kappa shape index (κ3) is 1.60. The molecule has 0 nitrogen and oxygen atoms in total. The highest BCUT2D eigenvalue weighted by molar-refractivity contribution is 8.00. The van der Waals surface area contributed by atoms with Crippen LogP contribution in [0.1, 0.15) is 5.56 Å². The van der Waals surface area contributed by atoms with Crippen molar-refractivity contribution >= 4 is 45.8 Å². The van der Waals surface area contributed by atoms with E-state index in [2.05, 4.69) is 44.0 Å². The van der Waals surface area contributed by atoms with Gasteiger partial charge in [-0.15, -0.1) is 35.7 Å². The minimum Gasteiger partial charge on any atom is -0.143 e. The van der Waals surface area contributed by atoms with Crippen molar-refractivity contribution in [3.05, 3.63) is 23.8 Å². The fourth-order valence-corrected chi connectivity index (χ4v) is 3.35. The van der Waals surface area contributed by atoms with E-state index in [1.807, 2.05) is 11.3 Å². The molecule has 13 heavy (non-hydrogen) atoms. The van der Waals surface area contributed by atoms with Gasteiger partial charge >= 0.3 is 0 Å². The molecule has 0 atom stereocenters. The summed E-state index contributed by atoms with van der Waals surface area (Å²) in [5, 5.41) is 1.29. The van der Waals surface area contributed by atoms with E-state index >= 15 is 0 Å². The molecular weight excluding hydrogens is 216 g/mol. The molecule has 1 aromatic heterocycles. The Balaban J connectivity index is 2.80. The topological polar surface area (TPSA) is 0 Å². The van der Waals surface area contributed by atoms with E-state index in [4.69, 9.17) is 0 Å². The molecule has 1 heterocycles. The van der Waals surface area contributed by atoms with E-state index in [1.165, 1.54) is 19.9 Å². The summed E-state index contributed by atoms with van der Waals surface area (Å²) in [6, 6.07) is 6.42. The summed E-state index contributed by atoms with van der Waals surface area (Å²) in [5.41, 5.74) is 1.35. The molecule has 3 heteroatoms. The van der Waals surface area contributed by atoms with Crippen LogP contribution in [-0.4, -0.2) is 6.26 Å². The molecule has 68 valence electrons. The zero-order valence-corrected chi connectivity index (χ0v) is 10.0. The number of aryl methyl sites for hydroxylation is 1. The van der Waals surface area contributed by atoms with E-state index in [0.717, 1.165) is 4.90 Å². The lowest BCUT2D eigenvalue weighted by Gasteiger charge is -1.96. The first kappa shape index (κ1) is 9.44. The molecule has 0 fully saturated rings. The Bertz CT molecular complexity index is 404. The molecule has 2 rings (SSSR count). The van der Waals surface area contributed by atoms with Crippen molar-refractivity contribution in [3.8, 4) is 0 Å². The van der Waals surface area contributed by atoms with E-state index in [1.54, 1.807) is 11.8 Å². The average Bonchev–Trinajstić information content (AvgIpc) is 2.56. The van der Waals surface area contributed by atoms with Crippen LogP contribution in [0.5, 0.6) is 0 Å². The lowest BCUT2D eigenvalue weighted by molar-refractivity contribution is 1.48. The van der Waals surface area contributed by atoms with Crippen molar-refractivity contribution in [2.24, 2.45) is 0 Å². The Labute approximate surface area is 91.8 Å². The van der Waals surface area contributed by atoms with Crippen LogP contribution in [-0.2, 0) is 0 Å². The van der Waals surface area contributed by atoms with E-state index in [0.29, 0.717) is 0 Å². The fraction of sp³-hybridized carbons (Fsp3) is 0.200. The van der Waals surface area contributed by atoms with Crippen molar-refractivity contribution in [2.45, 2.75) is 16.0 Å². The van der Waals surface area contributed by atoms with E-state index < -0.39 is 0 Å². The number of thioether (sulfide) groups is 1. The molecule has 0 saturated carbocycles. The molecule has 0 aliphatic carbocycles. The normalized spacial score (nSPS) is 11.0. The molecule has 2 aromatic rings. The zero-order chi connectivity index (χ0) is 9.42. The quantitative estimate of drug-likeness (QED) is 0.561. The summed E-state index contributed by atoms with van der Waals surface area (Å²) >= 11 is 8.10. The summed E-state index contributed by atoms with van der Waals surface area (Å²) in [6.07, 6.45) is 2.11. The number of thiophene rings is 1. The van der Waals surface area contributed by atoms with Crippen LogP contribution in [0.2, 0.25) is 0 Å². The Morgan fingerprint density at radius 2 is 2.15 bits per heavy atom. The maximum Gasteiger partial charge on any atom is 0.0608 e. The summed E-state index contributed by atoms with van der Waals surface area (Å²) in [5.74, 6) is 0. The molecule has 0 amide bonds. The molecule has 0 aliphatic rings. The van der Waals surface area contributed by atoms with Gasteiger partial charge in [-0.3, -0.25) is 0 Å².